The maximum atomic E-state index is 12.9. The van der Waals surface area contributed by atoms with E-state index in [0.717, 1.165) is 19.4 Å². The summed E-state index contributed by atoms with van der Waals surface area (Å²) in [6.45, 7) is 0.534. The number of aliphatic carboxylic acids is 1. The first kappa shape index (κ1) is 16.4. The Morgan fingerprint density at radius 3 is 2.64 bits per heavy atom. The third-order valence-corrected chi connectivity index (χ3v) is 3.67. The van der Waals surface area contributed by atoms with E-state index in [2.05, 4.69) is 0 Å². The molecule has 1 aliphatic heterocycles. The average molecular weight is 309 g/mol. The van der Waals surface area contributed by atoms with Crippen LogP contribution >= 0.6 is 0 Å². The maximum Gasteiger partial charge on any atom is 0.323 e. The number of hydrogen-bond donors (Lipinski definition) is 1. The SMILES string of the molecule is O=C(O)CN(Cc1ccc(F)cc1)C(=O)CCC1CCCO1. The van der Waals surface area contributed by atoms with Crippen molar-refractivity contribution in [1.29, 1.82) is 0 Å². The second kappa shape index (κ2) is 7.89. The summed E-state index contributed by atoms with van der Waals surface area (Å²) in [6.07, 6.45) is 2.93. The van der Waals surface area contributed by atoms with E-state index in [9.17, 15) is 14.0 Å². The molecule has 0 aliphatic carbocycles. The molecule has 1 unspecified atom stereocenters. The number of carbonyl (C=O) groups is 2. The van der Waals surface area contributed by atoms with Gasteiger partial charge in [-0.05, 0) is 37.0 Å². The normalized spacial score (nSPS) is 17.4. The van der Waals surface area contributed by atoms with Gasteiger partial charge in [-0.25, -0.2) is 4.39 Å². The van der Waals surface area contributed by atoms with E-state index in [0.29, 0.717) is 12.0 Å². The molecular formula is C16H20FNO4. The molecule has 6 heteroatoms. The Morgan fingerprint density at radius 2 is 2.05 bits per heavy atom. The van der Waals surface area contributed by atoms with E-state index < -0.39 is 5.97 Å². The molecule has 1 N–H and O–H groups in total. The quantitative estimate of drug-likeness (QED) is 0.838. The number of amides is 1. The van der Waals surface area contributed by atoms with Crippen LogP contribution in [-0.2, 0) is 20.9 Å². The third-order valence-electron chi connectivity index (χ3n) is 3.67. The molecule has 1 aliphatic rings. The predicted octanol–water partition coefficient (Wildman–Crippen LogP) is 2.20. The summed E-state index contributed by atoms with van der Waals surface area (Å²) < 4.78 is 18.4. The Bertz CT molecular complexity index is 511. The first-order valence-electron chi connectivity index (χ1n) is 7.40. The second-order valence-corrected chi connectivity index (χ2v) is 5.44. The van der Waals surface area contributed by atoms with Crippen molar-refractivity contribution >= 4 is 11.9 Å². The number of carbonyl (C=O) groups excluding carboxylic acids is 1. The van der Waals surface area contributed by atoms with Gasteiger partial charge >= 0.3 is 5.97 Å². The summed E-state index contributed by atoms with van der Waals surface area (Å²) in [5, 5.41) is 8.96. The largest absolute Gasteiger partial charge is 0.480 e. The smallest absolute Gasteiger partial charge is 0.323 e. The maximum absolute atomic E-state index is 12.9. The fourth-order valence-electron chi connectivity index (χ4n) is 2.52. The highest BCUT2D eigenvalue weighted by molar-refractivity contribution is 5.81. The van der Waals surface area contributed by atoms with Crippen molar-refractivity contribution in [3.8, 4) is 0 Å². The molecule has 2 rings (SSSR count). The van der Waals surface area contributed by atoms with Gasteiger partial charge in [-0.3, -0.25) is 9.59 Å². The molecule has 1 saturated heterocycles. The molecule has 1 atom stereocenters. The molecule has 1 heterocycles. The van der Waals surface area contributed by atoms with Gasteiger partial charge in [-0.2, -0.15) is 0 Å². The van der Waals surface area contributed by atoms with Crippen LogP contribution < -0.4 is 0 Å². The Labute approximate surface area is 128 Å². The first-order chi connectivity index (χ1) is 10.5. The van der Waals surface area contributed by atoms with Gasteiger partial charge in [0.2, 0.25) is 5.91 Å². The molecule has 1 fully saturated rings. The van der Waals surface area contributed by atoms with E-state index in [1.165, 1.54) is 17.0 Å². The highest BCUT2D eigenvalue weighted by Gasteiger charge is 2.21. The van der Waals surface area contributed by atoms with Crippen molar-refractivity contribution in [2.45, 2.75) is 38.3 Å². The number of hydrogen-bond acceptors (Lipinski definition) is 3. The molecule has 0 spiro atoms. The fraction of sp³-hybridized carbons (Fsp3) is 0.500. The van der Waals surface area contributed by atoms with Gasteiger partial charge in [0.1, 0.15) is 12.4 Å². The van der Waals surface area contributed by atoms with E-state index >= 15 is 0 Å². The number of rotatable bonds is 7. The minimum absolute atomic E-state index is 0.0986. The van der Waals surface area contributed by atoms with Gasteiger partial charge in [0.25, 0.3) is 0 Å². The van der Waals surface area contributed by atoms with Crippen LogP contribution in [0.2, 0.25) is 0 Å². The molecule has 0 bridgehead atoms. The Morgan fingerprint density at radius 1 is 1.32 bits per heavy atom. The van der Waals surface area contributed by atoms with Crippen LogP contribution in [0, 0.1) is 5.82 Å². The third kappa shape index (κ3) is 5.11. The minimum Gasteiger partial charge on any atom is -0.480 e. The minimum atomic E-state index is -1.06. The molecule has 0 saturated carbocycles. The zero-order valence-electron chi connectivity index (χ0n) is 12.3. The molecule has 120 valence electrons. The summed E-state index contributed by atoms with van der Waals surface area (Å²) in [6, 6.07) is 5.70. The van der Waals surface area contributed by atoms with Crippen molar-refractivity contribution in [2.24, 2.45) is 0 Å². The Hall–Kier alpha value is -1.95. The highest BCUT2D eigenvalue weighted by atomic mass is 19.1. The number of ether oxygens (including phenoxy) is 1. The lowest BCUT2D eigenvalue weighted by atomic mass is 10.1. The van der Waals surface area contributed by atoms with Gasteiger partial charge in [0.15, 0.2) is 0 Å². The molecule has 1 aromatic carbocycles. The van der Waals surface area contributed by atoms with Crippen molar-refractivity contribution in [3.63, 3.8) is 0 Å². The molecule has 5 nitrogen and oxygen atoms in total. The van der Waals surface area contributed by atoms with Crippen LogP contribution in [0.5, 0.6) is 0 Å². The van der Waals surface area contributed by atoms with Crippen molar-refractivity contribution in [2.75, 3.05) is 13.2 Å². The van der Waals surface area contributed by atoms with E-state index in [1.807, 2.05) is 0 Å². The van der Waals surface area contributed by atoms with Crippen molar-refractivity contribution < 1.29 is 23.8 Å². The lowest BCUT2D eigenvalue weighted by molar-refractivity contribution is -0.145. The van der Waals surface area contributed by atoms with Crippen LogP contribution in [0.4, 0.5) is 4.39 Å². The summed E-state index contributed by atoms with van der Waals surface area (Å²) in [7, 11) is 0. The number of carboxylic acids is 1. The summed E-state index contributed by atoms with van der Waals surface area (Å²) >= 11 is 0. The summed E-state index contributed by atoms with van der Waals surface area (Å²) in [4.78, 5) is 24.5. The fourth-order valence-corrected chi connectivity index (χ4v) is 2.52. The monoisotopic (exact) mass is 309 g/mol. The summed E-state index contributed by atoms with van der Waals surface area (Å²) in [5.74, 6) is -1.65. The van der Waals surface area contributed by atoms with Crippen LogP contribution in [0.3, 0.4) is 0 Å². The second-order valence-electron chi connectivity index (χ2n) is 5.44. The molecular weight excluding hydrogens is 289 g/mol. The summed E-state index contributed by atoms with van der Waals surface area (Å²) in [5.41, 5.74) is 0.702. The molecule has 0 aromatic heterocycles. The Balaban J connectivity index is 1.93. The predicted molar refractivity (Wildman–Crippen MR) is 77.7 cm³/mol. The van der Waals surface area contributed by atoms with Crippen molar-refractivity contribution in [3.05, 3.63) is 35.6 Å². The standard InChI is InChI=1S/C16H20FNO4/c17-13-5-3-12(4-6-13)10-18(11-16(20)21)15(19)8-7-14-2-1-9-22-14/h3-6,14H,1-2,7-11H2,(H,20,21). The first-order valence-corrected chi connectivity index (χ1v) is 7.40. The van der Waals surface area contributed by atoms with Crippen LogP contribution in [-0.4, -0.2) is 41.1 Å². The zero-order chi connectivity index (χ0) is 15.9. The molecule has 1 amide bonds. The highest BCUT2D eigenvalue weighted by Crippen LogP contribution is 2.18. The molecule has 1 aromatic rings. The van der Waals surface area contributed by atoms with Crippen LogP contribution in [0.15, 0.2) is 24.3 Å². The van der Waals surface area contributed by atoms with E-state index in [1.54, 1.807) is 12.1 Å². The van der Waals surface area contributed by atoms with Gasteiger partial charge < -0.3 is 14.7 Å². The average Bonchev–Trinajstić information content (AvgIpc) is 2.99. The van der Waals surface area contributed by atoms with Crippen LogP contribution in [0.1, 0.15) is 31.2 Å². The lowest BCUT2D eigenvalue weighted by Gasteiger charge is -2.21. The van der Waals surface area contributed by atoms with Crippen LogP contribution in [0.25, 0.3) is 0 Å². The molecule has 22 heavy (non-hydrogen) atoms. The topological polar surface area (TPSA) is 66.8 Å². The number of carboxylic acid groups (broad SMARTS) is 1. The Kier molecular flexibility index (Phi) is 5.89. The lowest BCUT2D eigenvalue weighted by Crippen LogP contribution is -2.35. The van der Waals surface area contributed by atoms with Crippen molar-refractivity contribution in [1.82, 2.24) is 4.90 Å². The molecule has 0 radical (unpaired) electrons. The van der Waals surface area contributed by atoms with Gasteiger partial charge in [0, 0.05) is 19.6 Å². The number of benzene rings is 1. The zero-order valence-corrected chi connectivity index (χ0v) is 12.3. The van der Waals surface area contributed by atoms with Gasteiger partial charge in [-0.15, -0.1) is 0 Å². The van der Waals surface area contributed by atoms with E-state index in [4.69, 9.17) is 9.84 Å². The van der Waals surface area contributed by atoms with Gasteiger partial charge in [0.05, 0.1) is 6.10 Å². The number of halogens is 1. The van der Waals surface area contributed by atoms with E-state index in [-0.39, 0.29) is 37.3 Å². The number of nitrogens with zero attached hydrogens (tertiary/aromatic N) is 1. The van der Waals surface area contributed by atoms with Gasteiger partial charge in [-0.1, -0.05) is 12.1 Å².